The van der Waals surface area contributed by atoms with Crippen LogP contribution >= 0.6 is 11.6 Å². The first-order valence-electron chi connectivity index (χ1n) is 5.83. The Kier molecular flexibility index (Phi) is 4.37. The number of benzene rings is 1. The van der Waals surface area contributed by atoms with E-state index < -0.39 is 5.91 Å². The van der Waals surface area contributed by atoms with E-state index in [4.69, 9.17) is 22.1 Å². The Bertz CT molecular complexity index is 613. The lowest BCUT2D eigenvalue weighted by atomic mass is 10.3. The van der Waals surface area contributed by atoms with Gasteiger partial charge in [-0.25, -0.2) is 9.97 Å². The van der Waals surface area contributed by atoms with Crippen LogP contribution in [0.25, 0.3) is 0 Å². The van der Waals surface area contributed by atoms with Crippen molar-refractivity contribution in [1.29, 1.82) is 0 Å². The van der Waals surface area contributed by atoms with Crippen LogP contribution < -0.4 is 15.8 Å². The lowest BCUT2D eigenvalue weighted by molar-refractivity contribution is -0.118. The van der Waals surface area contributed by atoms with Crippen molar-refractivity contribution in [2.45, 2.75) is 6.92 Å². The largest absolute Gasteiger partial charge is 0.482 e. The molecule has 3 N–H and O–H groups in total. The van der Waals surface area contributed by atoms with Crippen molar-refractivity contribution in [2.24, 2.45) is 0 Å². The standard InChI is InChI=1S/C13H13ClN4O2/c1-8-6-11(14)17-13(16-8)18-12(19)7-20-10-5-3-2-4-9(10)15/h2-6H,7,15H2,1H3,(H,16,17,18,19). The summed E-state index contributed by atoms with van der Waals surface area (Å²) in [7, 11) is 0. The molecule has 0 aliphatic heterocycles. The number of hydrogen-bond donors (Lipinski definition) is 2. The molecule has 20 heavy (non-hydrogen) atoms. The normalized spacial score (nSPS) is 10.1. The third kappa shape index (κ3) is 3.83. The number of para-hydroxylation sites is 2. The molecule has 0 spiro atoms. The van der Waals surface area contributed by atoms with Crippen molar-refractivity contribution in [3.8, 4) is 5.75 Å². The molecule has 0 bridgehead atoms. The number of nitrogens with one attached hydrogen (secondary N) is 1. The van der Waals surface area contributed by atoms with E-state index in [1.807, 2.05) is 0 Å². The lowest BCUT2D eigenvalue weighted by Crippen LogP contribution is -2.22. The second-order valence-corrected chi connectivity index (χ2v) is 4.42. The van der Waals surface area contributed by atoms with Gasteiger partial charge in [0.1, 0.15) is 10.9 Å². The average Bonchev–Trinajstić information content (AvgIpc) is 2.36. The molecule has 1 aromatic carbocycles. The van der Waals surface area contributed by atoms with Gasteiger partial charge in [0.05, 0.1) is 5.69 Å². The van der Waals surface area contributed by atoms with Crippen molar-refractivity contribution >= 4 is 29.1 Å². The summed E-state index contributed by atoms with van der Waals surface area (Å²) in [5, 5.41) is 2.77. The quantitative estimate of drug-likeness (QED) is 0.665. The third-order valence-corrected chi connectivity index (χ3v) is 2.55. The van der Waals surface area contributed by atoms with Gasteiger partial charge in [0.2, 0.25) is 5.95 Å². The number of hydrogen-bond acceptors (Lipinski definition) is 5. The Labute approximate surface area is 120 Å². The Hall–Kier alpha value is -2.34. The van der Waals surface area contributed by atoms with Gasteiger partial charge in [-0.15, -0.1) is 0 Å². The number of carbonyl (C=O) groups is 1. The molecule has 0 saturated carbocycles. The molecule has 0 saturated heterocycles. The van der Waals surface area contributed by atoms with Gasteiger partial charge in [-0.3, -0.25) is 10.1 Å². The zero-order chi connectivity index (χ0) is 14.5. The molecule has 2 aromatic rings. The fourth-order valence-corrected chi connectivity index (χ4v) is 1.74. The summed E-state index contributed by atoms with van der Waals surface area (Å²) >= 11 is 5.78. The fourth-order valence-electron chi connectivity index (χ4n) is 1.50. The number of nitrogens with zero attached hydrogens (tertiary/aromatic N) is 2. The second-order valence-electron chi connectivity index (χ2n) is 4.03. The smallest absolute Gasteiger partial charge is 0.264 e. The molecule has 0 unspecified atom stereocenters. The highest BCUT2D eigenvalue weighted by molar-refractivity contribution is 6.29. The van der Waals surface area contributed by atoms with E-state index in [9.17, 15) is 4.79 Å². The third-order valence-electron chi connectivity index (χ3n) is 2.35. The highest BCUT2D eigenvalue weighted by atomic mass is 35.5. The number of ether oxygens (including phenoxy) is 1. The van der Waals surface area contributed by atoms with Gasteiger partial charge in [-0.1, -0.05) is 23.7 Å². The molecule has 6 nitrogen and oxygen atoms in total. The summed E-state index contributed by atoms with van der Waals surface area (Å²) in [5.74, 6) is 0.199. The van der Waals surface area contributed by atoms with Crippen molar-refractivity contribution in [3.63, 3.8) is 0 Å². The molecule has 0 aliphatic rings. The van der Waals surface area contributed by atoms with Gasteiger partial charge in [0.15, 0.2) is 6.61 Å². The Balaban J connectivity index is 1.94. The number of aromatic nitrogens is 2. The van der Waals surface area contributed by atoms with Gasteiger partial charge in [-0.05, 0) is 25.1 Å². The van der Waals surface area contributed by atoms with E-state index in [1.165, 1.54) is 0 Å². The van der Waals surface area contributed by atoms with E-state index in [0.29, 0.717) is 17.1 Å². The highest BCUT2D eigenvalue weighted by Crippen LogP contribution is 2.19. The van der Waals surface area contributed by atoms with Crippen LogP contribution in [0, 0.1) is 6.92 Å². The molecule has 104 valence electrons. The van der Waals surface area contributed by atoms with Gasteiger partial charge in [0.25, 0.3) is 5.91 Å². The number of carbonyl (C=O) groups excluding carboxylic acids is 1. The maximum absolute atomic E-state index is 11.7. The van der Waals surface area contributed by atoms with Gasteiger partial charge >= 0.3 is 0 Å². The fraction of sp³-hybridized carbons (Fsp3) is 0.154. The molecule has 7 heteroatoms. The van der Waals surface area contributed by atoms with Crippen LogP contribution in [-0.4, -0.2) is 22.5 Å². The molecule has 2 rings (SSSR count). The van der Waals surface area contributed by atoms with E-state index in [1.54, 1.807) is 37.3 Å². The Morgan fingerprint density at radius 1 is 1.40 bits per heavy atom. The van der Waals surface area contributed by atoms with Crippen molar-refractivity contribution in [3.05, 3.63) is 41.2 Å². The van der Waals surface area contributed by atoms with Gasteiger partial charge in [-0.2, -0.15) is 0 Å². The number of anilines is 2. The minimum Gasteiger partial charge on any atom is -0.482 e. The maximum atomic E-state index is 11.7. The van der Waals surface area contributed by atoms with Crippen LogP contribution in [0.15, 0.2) is 30.3 Å². The molecule has 0 radical (unpaired) electrons. The topological polar surface area (TPSA) is 90.1 Å². The number of rotatable bonds is 4. The average molecular weight is 293 g/mol. The van der Waals surface area contributed by atoms with E-state index in [-0.39, 0.29) is 17.7 Å². The monoisotopic (exact) mass is 292 g/mol. The number of aryl methyl sites for hydroxylation is 1. The molecule has 0 fully saturated rings. The molecular weight excluding hydrogens is 280 g/mol. The predicted octanol–water partition coefficient (Wildman–Crippen LogP) is 2.04. The zero-order valence-corrected chi connectivity index (χ0v) is 11.5. The number of nitrogens with two attached hydrogens (primary N) is 1. The van der Waals surface area contributed by atoms with Crippen LogP contribution in [0.1, 0.15) is 5.69 Å². The van der Waals surface area contributed by atoms with Crippen LogP contribution in [0.4, 0.5) is 11.6 Å². The lowest BCUT2D eigenvalue weighted by Gasteiger charge is -2.08. The van der Waals surface area contributed by atoms with Crippen LogP contribution in [0.5, 0.6) is 5.75 Å². The minimum absolute atomic E-state index is 0.143. The first kappa shape index (κ1) is 14.1. The molecule has 1 aromatic heterocycles. The zero-order valence-electron chi connectivity index (χ0n) is 10.8. The molecular formula is C13H13ClN4O2. The molecule has 0 atom stereocenters. The molecule has 1 heterocycles. The van der Waals surface area contributed by atoms with E-state index in [2.05, 4.69) is 15.3 Å². The Morgan fingerprint density at radius 3 is 2.85 bits per heavy atom. The maximum Gasteiger partial charge on any atom is 0.264 e. The second kappa shape index (κ2) is 6.21. The number of amides is 1. The van der Waals surface area contributed by atoms with Crippen LogP contribution in [0.2, 0.25) is 5.15 Å². The van der Waals surface area contributed by atoms with Crippen LogP contribution in [-0.2, 0) is 4.79 Å². The first-order chi connectivity index (χ1) is 9.54. The summed E-state index contributed by atoms with van der Waals surface area (Å²) in [6.45, 7) is 1.56. The summed E-state index contributed by atoms with van der Waals surface area (Å²) in [6, 6.07) is 8.52. The molecule has 0 aliphatic carbocycles. The minimum atomic E-state index is -0.394. The number of nitrogen functional groups attached to an aromatic ring is 1. The molecule has 1 amide bonds. The van der Waals surface area contributed by atoms with E-state index >= 15 is 0 Å². The first-order valence-corrected chi connectivity index (χ1v) is 6.21. The summed E-state index contributed by atoms with van der Waals surface area (Å²) in [4.78, 5) is 19.6. The van der Waals surface area contributed by atoms with Crippen molar-refractivity contribution in [2.75, 3.05) is 17.7 Å². The van der Waals surface area contributed by atoms with Crippen molar-refractivity contribution < 1.29 is 9.53 Å². The van der Waals surface area contributed by atoms with Gasteiger partial charge in [0, 0.05) is 5.69 Å². The van der Waals surface area contributed by atoms with Gasteiger partial charge < -0.3 is 10.5 Å². The SMILES string of the molecule is Cc1cc(Cl)nc(NC(=O)COc2ccccc2N)n1. The van der Waals surface area contributed by atoms with E-state index in [0.717, 1.165) is 0 Å². The summed E-state index contributed by atoms with van der Waals surface area (Å²) in [6.07, 6.45) is 0. The van der Waals surface area contributed by atoms with Crippen LogP contribution in [0.3, 0.4) is 0 Å². The number of halogens is 1. The predicted molar refractivity (Wildman–Crippen MR) is 76.8 cm³/mol. The summed E-state index contributed by atoms with van der Waals surface area (Å²) in [5.41, 5.74) is 6.83. The highest BCUT2D eigenvalue weighted by Gasteiger charge is 2.08. The Morgan fingerprint density at radius 2 is 2.15 bits per heavy atom. The van der Waals surface area contributed by atoms with Crippen molar-refractivity contribution in [1.82, 2.24) is 9.97 Å². The summed E-state index contributed by atoms with van der Waals surface area (Å²) < 4.78 is 5.31.